The Bertz CT molecular complexity index is 236. The van der Waals surface area contributed by atoms with Crippen LogP contribution in [0.15, 0.2) is 0 Å². The van der Waals surface area contributed by atoms with Gasteiger partial charge in [0.25, 0.3) is 0 Å². The maximum absolute atomic E-state index is 11.2. The number of halogens is 1. The molecule has 15 heavy (non-hydrogen) atoms. The van der Waals surface area contributed by atoms with Gasteiger partial charge in [0.05, 0.1) is 12.2 Å². The maximum atomic E-state index is 11.2. The van der Waals surface area contributed by atoms with Gasteiger partial charge in [-0.3, -0.25) is 4.79 Å². The molecule has 0 rings (SSSR count). The number of alkyl halides is 1. The Balaban J connectivity index is 3.85. The second-order valence-electron chi connectivity index (χ2n) is 3.51. The van der Waals surface area contributed by atoms with Crippen LogP contribution in [0, 0.1) is 11.3 Å². The van der Waals surface area contributed by atoms with Crippen molar-refractivity contribution in [3.8, 4) is 6.07 Å². The van der Waals surface area contributed by atoms with Crippen LogP contribution >= 0.6 is 11.6 Å². The predicted octanol–water partition coefficient (Wildman–Crippen LogP) is 1.44. The number of carbonyl (C=O) groups is 1. The average molecular weight is 233 g/mol. The lowest BCUT2D eigenvalue weighted by atomic mass is 10.2. The minimum absolute atomic E-state index is 0.131. The minimum Gasteiger partial charge on any atom is -0.379 e. The zero-order valence-corrected chi connectivity index (χ0v) is 10.0. The molecule has 0 fully saturated rings. The van der Waals surface area contributed by atoms with Crippen molar-refractivity contribution in [1.82, 2.24) is 5.32 Å². The number of nitrogens with one attached hydrogen (secondary N) is 1. The van der Waals surface area contributed by atoms with Crippen LogP contribution in [-0.4, -0.2) is 30.0 Å². The van der Waals surface area contributed by atoms with Gasteiger partial charge in [0.2, 0.25) is 5.91 Å². The van der Waals surface area contributed by atoms with Crippen LogP contribution in [0.5, 0.6) is 0 Å². The normalized spacial score (nSPS) is 14.4. The Kier molecular flexibility index (Phi) is 7.10. The highest BCUT2D eigenvalue weighted by molar-refractivity contribution is 6.30. The molecule has 0 spiro atoms. The van der Waals surface area contributed by atoms with Gasteiger partial charge in [0.15, 0.2) is 0 Å². The molecule has 0 aromatic heterocycles. The van der Waals surface area contributed by atoms with Crippen molar-refractivity contribution < 1.29 is 9.53 Å². The van der Waals surface area contributed by atoms with Gasteiger partial charge in [-0.25, -0.2) is 0 Å². The molecule has 4 nitrogen and oxygen atoms in total. The van der Waals surface area contributed by atoms with Crippen molar-refractivity contribution >= 4 is 17.5 Å². The summed E-state index contributed by atoms with van der Waals surface area (Å²) in [5.41, 5.74) is 0. The first kappa shape index (κ1) is 14.2. The number of hydrogen-bond acceptors (Lipinski definition) is 3. The van der Waals surface area contributed by atoms with Crippen molar-refractivity contribution in [2.24, 2.45) is 0 Å². The van der Waals surface area contributed by atoms with E-state index >= 15 is 0 Å². The molecule has 0 aliphatic heterocycles. The summed E-state index contributed by atoms with van der Waals surface area (Å²) in [6.07, 6.45) is 0.608. The van der Waals surface area contributed by atoms with E-state index in [4.69, 9.17) is 21.6 Å². The smallest absolute Gasteiger partial charge is 0.238 e. The molecule has 0 heterocycles. The van der Waals surface area contributed by atoms with Crippen LogP contribution in [0.25, 0.3) is 0 Å². The molecule has 0 radical (unpaired) electrons. The summed E-state index contributed by atoms with van der Waals surface area (Å²) in [6.45, 7) is 5.85. The summed E-state index contributed by atoms with van der Waals surface area (Å²) in [4.78, 5) is 11.2. The van der Waals surface area contributed by atoms with E-state index in [1.165, 1.54) is 0 Å². The fourth-order valence-corrected chi connectivity index (χ4v) is 0.940. The van der Waals surface area contributed by atoms with Crippen LogP contribution in [0.4, 0.5) is 0 Å². The molecular weight excluding hydrogens is 216 g/mol. The van der Waals surface area contributed by atoms with E-state index in [0.717, 1.165) is 0 Å². The third kappa shape index (κ3) is 7.18. The lowest BCUT2D eigenvalue weighted by Crippen LogP contribution is -2.38. The Hall–Kier alpha value is -0.790. The molecule has 0 bridgehead atoms. The summed E-state index contributed by atoms with van der Waals surface area (Å²) >= 11 is 5.56. The fourth-order valence-electron chi connectivity index (χ4n) is 0.877. The number of ether oxygens (including phenoxy) is 1. The monoisotopic (exact) mass is 232 g/mol. The molecule has 0 aromatic carbocycles. The zero-order chi connectivity index (χ0) is 11.8. The third-order valence-electron chi connectivity index (χ3n) is 1.69. The molecule has 0 aliphatic carbocycles. The van der Waals surface area contributed by atoms with Gasteiger partial charge in [-0.05, 0) is 20.8 Å². The van der Waals surface area contributed by atoms with Crippen molar-refractivity contribution in [1.29, 1.82) is 5.26 Å². The molecule has 0 saturated carbocycles. The second kappa shape index (κ2) is 7.49. The largest absolute Gasteiger partial charge is 0.379 e. The van der Waals surface area contributed by atoms with Gasteiger partial charge >= 0.3 is 0 Å². The summed E-state index contributed by atoms with van der Waals surface area (Å²) in [6, 6.07) is 1.46. The standard InChI is InChI=1S/C10H17ClN2O2/c1-7(2)15-5-4-9(6-12)13-10(14)8(3)11/h7-9H,4-5H2,1-3H3,(H,13,14). The second-order valence-corrected chi connectivity index (χ2v) is 4.17. The van der Waals surface area contributed by atoms with Crippen molar-refractivity contribution in [2.75, 3.05) is 6.61 Å². The van der Waals surface area contributed by atoms with Gasteiger partial charge in [-0.2, -0.15) is 5.26 Å². The van der Waals surface area contributed by atoms with E-state index in [9.17, 15) is 4.79 Å². The van der Waals surface area contributed by atoms with E-state index in [1.807, 2.05) is 19.9 Å². The number of hydrogen-bond donors (Lipinski definition) is 1. The van der Waals surface area contributed by atoms with Crippen molar-refractivity contribution in [3.63, 3.8) is 0 Å². The number of nitriles is 1. The molecule has 1 amide bonds. The van der Waals surface area contributed by atoms with Crippen LogP contribution < -0.4 is 5.32 Å². The van der Waals surface area contributed by atoms with E-state index in [-0.39, 0.29) is 12.0 Å². The minimum atomic E-state index is -0.619. The van der Waals surface area contributed by atoms with Crippen LogP contribution in [0.2, 0.25) is 0 Å². The first-order valence-corrected chi connectivity index (χ1v) is 5.36. The molecule has 86 valence electrons. The Labute approximate surface area is 95.5 Å². The summed E-state index contributed by atoms with van der Waals surface area (Å²) in [5.74, 6) is -0.326. The van der Waals surface area contributed by atoms with Crippen molar-refractivity contribution in [3.05, 3.63) is 0 Å². The van der Waals surface area contributed by atoms with Gasteiger partial charge in [-0.15, -0.1) is 11.6 Å². The topological polar surface area (TPSA) is 62.1 Å². The van der Waals surface area contributed by atoms with Crippen LogP contribution in [0.3, 0.4) is 0 Å². The molecule has 2 atom stereocenters. The molecule has 5 heteroatoms. The highest BCUT2D eigenvalue weighted by Gasteiger charge is 2.15. The highest BCUT2D eigenvalue weighted by atomic mass is 35.5. The fraction of sp³-hybridized carbons (Fsp3) is 0.800. The quantitative estimate of drug-likeness (QED) is 0.705. The van der Waals surface area contributed by atoms with E-state index < -0.39 is 11.4 Å². The van der Waals surface area contributed by atoms with Crippen molar-refractivity contribution in [2.45, 2.75) is 44.7 Å². The highest BCUT2D eigenvalue weighted by Crippen LogP contribution is 1.98. The van der Waals surface area contributed by atoms with E-state index in [2.05, 4.69) is 5.32 Å². The van der Waals surface area contributed by atoms with Crippen LogP contribution in [0.1, 0.15) is 27.2 Å². The number of amides is 1. The number of rotatable bonds is 6. The van der Waals surface area contributed by atoms with Gasteiger partial charge in [0, 0.05) is 13.0 Å². The van der Waals surface area contributed by atoms with Gasteiger partial charge < -0.3 is 10.1 Å². The van der Waals surface area contributed by atoms with Gasteiger partial charge in [0.1, 0.15) is 11.4 Å². The predicted molar refractivity (Wildman–Crippen MR) is 58.6 cm³/mol. The Morgan fingerprint density at radius 3 is 2.53 bits per heavy atom. The molecule has 0 aromatic rings. The average Bonchev–Trinajstić information content (AvgIpc) is 2.15. The summed E-state index contributed by atoms with van der Waals surface area (Å²) in [7, 11) is 0. The third-order valence-corrected chi connectivity index (χ3v) is 1.89. The Morgan fingerprint density at radius 2 is 2.13 bits per heavy atom. The van der Waals surface area contributed by atoms with E-state index in [1.54, 1.807) is 6.92 Å². The summed E-state index contributed by atoms with van der Waals surface area (Å²) < 4.78 is 5.28. The lowest BCUT2D eigenvalue weighted by Gasteiger charge is -2.13. The molecule has 0 saturated heterocycles. The Morgan fingerprint density at radius 1 is 1.53 bits per heavy atom. The number of carbonyl (C=O) groups excluding carboxylic acids is 1. The molecule has 0 aliphatic rings. The number of nitrogens with zero attached hydrogens (tertiary/aromatic N) is 1. The summed E-state index contributed by atoms with van der Waals surface area (Å²) in [5, 5.41) is 10.7. The van der Waals surface area contributed by atoms with Gasteiger partial charge in [-0.1, -0.05) is 0 Å². The first-order chi connectivity index (χ1) is 6.97. The maximum Gasteiger partial charge on any atom is 0.238 e. The molecule has 1 N–H and O–H groups in total. The van der Waals surface area contributed by atoms with Crippen LogP contribution in [-0.2, 0) is 9.53 Å². The molecule has 2 unspecified atom stereocenters. The molecular formula is C10H17ClN2O2. The van der Waals surface area contributed by atoms with E-state index in [0.29, 0.717) is 13.0 Å². The first-order valence-electron chi connectivity index (χ1n) is 4.93. The zero-order valence-electron chi connectivity index (χ0n) is 9.29. The lowest BCUT2D eigenvalue weighted by molar-refractivity contribution is -0.120. The SMILES string of the molecule is CC(C)OCCC(C#N)NC(=O)C(C)Cl.